The number of para-hydroxylation sites is 4. The smallest absolute Gasteiger partial charge is 0.132 e. The molecule has 18 rings (SSSR count). The van der Waals surface area contributed by atoms with Gasteiger partial charge in [0.1, 0.15) is 23.0 Å². The minimum atomic E-state index is -0.673. The van der Waals surface area contributed by atoms with Crippen molar-refractivity contribution in [3.8, 4) is 67.5 Å². The molecule has 0 aromatic heterocycles. The molecular formula is C81H51NO2. The predicted octanol–water partition coefficient (Wildman–Crippen LogP) is 20.1. The Morgan fingerprint density at radius 3 is 1.00 bits per heavy atom. The molecule has 3 aliphatic carbocycles. The second-order valence-electron chi connectivity index (χ2n) is 22.8. The summed E-state index contributed by atoms with van der Waals surface area (Å²) in [5.41, 5.74) is 25.4. The second kappa shape index (κ2) is 17.6. The van der Waals surface area contributed by atoms with Crippen LogP contribution in [0.25, 0.3) is 44.5 Å². The fourth-order valence-electron chi connectivity index (χ4n) is 16.1. The summed E-state index contributed by atoms with van der Waals surface area (Å²) >= 11 is 0. The van der Waals surface area contributed by atoms with Crippen LogP contribution in [0.2, 0.25) is 0 Å². The van der Waals surface area contributed by atoms with Crippen molar-refractivity contribution in [3.05, 3.63) is 376 Å². The summed E-state index contributed by atoms with van der Waals surface area (Å²) in [7, 11) is 0. The lowest BCUT2D eigenvalue weighted by Crippen LogP contribution is -2.32. The molecule has 84 heavy (non-hydrogen) atoms. The highest BCUT2D eigenvalue weighted by Gasteiger charge is 2.55. The van der Waals surface area contributed by atoms with Gasteiger partial charge in [0.15, 0.2) is 0 Å². The minimum Gasteiger partial charge on any atom is -0.457 e. The normalized spacial score (nSPS) is 14.7. The molecule has 3 nitrogen and oxygen atoms in total. The Labute approximate surface area is 488 Å². The number of fused-ring (bicyclic) bond motifs is 21. The van der Waals surface area contributed by atoms with Gasteiger partial charge in [0, 0.05) is 39.1 Å². The molecular weight excluding hydrogens is 1020 g/mol. The van der Waals surface area contributed by atoms with E-state index in [-0.39, 0.29) is 0 Å². The Bertz CT molecular complexity index is 4560. The van der Waals surface area contributed by atoms with E-state index in [9.17, 15) is 0 Å². The van der Waals surface area contributed by atoms with Gasteiger partial charge in [0.2, 0.25) is 0 Å². The zero-order chi connectivity index (χ0) is 55.1. The zero-order valence-electron chi connectivity index (χ0n) is 45.7. The summed E-state index contributed by atoms with van der Waals surface area (Å²) < 4.78 is 13.7. The molecule has 0 N–H and O–H groups in total. The van der Waals surface area contributed by atoms with E-state index in [0.717, 1.165) is 67.9 Å². The van der Waals surface area contributed by atoms with E-state index in [4.69, 9.17) is 9.47 Å². The van der Waals surface area contributed by atoms with Gasteiger partial charge in [-0.2, -0.15) is 0 Å². The van der Waals surface area contributed by atoms with E-state index >= 15 is 0 Å². The predicted molar refractivity (Wildman–Crippen MR) is 339 cm³/mol. The number of nitrogens with zero attached hydrogens (tertiary/aromatic N) is 1. The molecule has 13 aromatic carbocycles. The fraction of sp³-hybridized carbons (Fsp3) is 0.0370. The lowest BCUT2D eigenvalue weighted by Gasteiger charge is -2.40. The van der Waals surface area contributed by atoms with E-state index in [2.05, 4.69) is 314 Å². The van der Waals surface area contributed by atoms with E-state index in [1.165, 1.54) is 83.5 Å². The van der Waals surface area contributed by atoms with Crippen LogP contribution in [0.15, 0.2) is 309 Å². The highest BCUT2D eigenvalue weighted by Crippen LogP contribution is 2.68. The SMILES string of the molecule is c1ccc(C2(c3ccccc3)c3ccccc3-c3c(-c4cccc(N(c5cccc6c5-c5ccccc5C65c6ccccc6Oc6ccccc65)c5cccc6c5-c5ccccc5C65c6ccccc6Oc6ccccc65)c4)cccc32)cc1. The van der Waals surface area contributed by atoms with Crippen molar-refractivity contribution in [2.75, 3.05) is 4.90 Å². The maximum Gasteiger partial charge on any atom is 0.132 e. The molecule has 0 bridgehead atoms. The summed E-state index contributed by atoms with van der Waals surface area (Å²) in [5, 5.41) is 0. The summed E-state index contributed by atoms with van der Waals surface area (Å²) in [6.07, 6.45) is 0. The molecule has 0 amide bonds. The number of ether oxygens (including phenoxy) is 2. The largest absolute Gasteiger partial charge is 0.457 e. The lowest BCUT2D eigenvalue weighted by molar-refractivity contribution is 0.436. The molecule has 2 heterocycles. The number of benzene rings is 13. The van der Waals surface area contributed by atoms with Crippen molar-refractivity contribution in [1.82, 2.24) is 0 Å². The third-order valence-electron chi connectivity index (χ3n) is 19.1. The van der Waals surface area contributed by atoms with Crippen molar-refractivity contribution >= 4 is 17.1 Å². The first-order valence-electron chi connectivity index (χ1n) is 29.2. The molecule has 0 saturated heterocycles. The van der Waals surface area contributed by atoms with Gasteiger partial charge in [-0.1, -0.05) is 261 Å². The first kappa shape index (κ1) is 47.0. The molecule has 0 unspecified atom stereocenters. The second-order valence-corrected chi connectivity index (χ2v) is 22.8. The van der Waals surface area contributed by atoms with Gasteiger partial charge < -0.3 is 14.4 Å². The lowest BCUT2D eigenvalue weighted by atomic mass is 9.66. The minimum absolute atomic E-state index is 0.543. The maximum atomic E-state index is 6.85. The first-order chi connectivity index (χ1) is 41.7. The van der Waals surface area contributed by atoms with Crippen LogP contribution in [-0.2, 0) is 16.2 Å². The Hall–Kier alpha value is -10.7. The Morgan fingerprint density at radius 2 is 0.548 bits per heavy atom. The average Bonchev–Trinajstić information content (AvgIpc) is 1.97. The Balaban J connectivity index is 0.938. The quantitative estimate of drug-likeness (QED) is 0.166. The van der Waals surface area contributed by atoms with E-state index in [1.54, 1.807) is 0 Å². The Morgan fingerprint density at radius 1 is 0.226 bits per heavy atom. The molecule has 392 valence electrons. The van der Waals surface area contributed by atoms with Gasteiger partial charge in [0.25, 0.3) is 0 Å². The molecule has 2 aliphatic heterocycles. The fourth-order valence-corrected chi connectivity index (χ4v) is 16.1. The van der Waals surface area contributed by atoms with E-state index < -0.39 is 16.2 Å². The van der Waals surface area contributed by atoms with Gasteiger partial charge >= 0.3 is 0 Å². The monoisotopic (exact) mass is 1070 g/mol. The number of hydrogen-bond acceptors (Lipinski definition) is 3. The molecule has 2 spiro atoms. The summed E-state index contributed by atoms with van der Waals surface area (Å²) in [4.78, 5) is 2.59. The van der Waals surface area contributed by atoms with Crippen molar-refractivity contribution < 1.29 is 9.47 Å². The van der Waals surface area contributed by atoms with Crippen molar-refractivity contribution in [2.24, 2.45) is 0 Å². The van der Waals surface area contributed by atoms with Gasteiger partial charge in [-0.25, -0.2) is 0 Å². The molecule has 0 atom stereocenters. The summed E-state index contributed by atoms with van der Waals surface area (Å²) in [6.45, 7) is 0. The van der Waals surface area contributed by atoms with E-state index in [1.807, 2.05) is 0 Å². The highest BCUT2D eigenvalue weighted by molar-refractivity contribution is 6.04. The van der Waals surface area contributed by atoms with Crippen LogP contribution < -0.4 is 14.4 Å². The number of anilines is 3. The van der Waals surface area contributed by atoms with Crippen LogP contribution in [0, 0.1) is 0 Å². The van der Waals surface area contributed by atoms with Crippen LogP contribution in [0.4, 0.5) is 17.1 Å². The van der Waals surface area contributed by atoms with Crippen molar-refractivity contribution in [2.45, 2.75) is 16.2 Å². The van der Waals surface area contributed by atoms with Crippen LogP contribution in [0.1, 0.15) is 66.8 Å². The molecule has 13 aromatic rings. The van der Waals surface area contributed by atoms with Gasteiger partial charge in [-0.05, 0) is 126 Å². The molecule has 3 heteroatoms. The van der Waals surface area contributed by atoms with Crippen LogP contribution in [0.5, 0.6) is 23.0 Å². The summed E-state index contributed by atoms with van der Waals surface area (Å²) in [5.74, 6) is 3.48. The third-order valence-corrected chi connectivity index (χ3v) is 19.1. The highest BCUT2D eigenvalue weighted by atomic mass is 16.5. The number of rotatable bonds is 6. The molecule has 0 radical (unpaired) electrons. The maximum absolute atomic E-state index is 6.85. The topological polar surface area (TPSA) is 21.7 Å². The average molecular weight is 1070 g/mol. The van der Waals surface area contributed by atoms with Crippen LogP contribution >= 0.6 is 0 Å². The van der Waals surface area contributed by atoms with Gasteiger partial charge in [-0.15, -0.1) is 0 Å². The summed E-state index contributed by atoms with van der Waals surface area (Å²) in [6, 6.07) is 115. The van der Waals surface area contributed by atoms with Crippen LogP contribution in [0.3, 0.4) is 0 Å². The molecule has 5 aliphatic rings. The number of hydrogen-bond donors (Lipinski definition) is 0. The van der Waals surface area contributed by atoms with Crippen molar-refractivity contribution in [3.63, 3.8) is 0 Å². The van der Waals surface area contributed by atoms with Gasteiger partial charge in [-0.3, -0.25) is 0 Å². The third kappa shape index (κ3) is 5.99. The van der Waals surface area contributed by atoms with Gasteiger partial charge in [0.05, 0.1) is 27.6 Å². The van der Waals surface area contributed by atoms with E-state index in [0.29, 0.717) is 0 Å². The first-order valence-corrected chi connectivity index (χ1v) is 29.2. The standard InChI is InChI=1S/C81H51NO2/c1-3-26-53(27-4-1)79(54-28-5-2-6-29-54)60-35-10-7-31-57(60)76-56(34-22-42-67(76)79)52-25-21-30-55(51-52)82(70-45-23-43-68-77(70)58-32-8-11-36-61(58)80(68)63-38-13-17-47-72(63)83-73-48-18-14-39-64(73)80)71-46-24-44-69-78(71)59-33-9-12-37-62(59)81(69)65-40-15-19-49-74(65)84-75-50-20-16-41-66(75)81/h1-51H. The Kier molecular flexibility index (Phi) is 9.86. The zero-order valence-corrected chi connectivity index (χ0v) is 45.7. The molecule has 0 fully saturated rings. The van der Waals surface area contributed by atoms with Crippen molar-refractivity contribution in [1.29, 1.82) is 0 Å². The van der Waals surface area contributed by atoms with Crippen LogP contribution in [-0.4, -0.2) is 0 Å². The molecule has 0 saturated carbocycles.